The van der Waals surface area contributed by atoms with Crippen LogP contribution in [-0.4, -0.2) is 15.7 Å². The van der Waals surface area contributed by atoms with E-state index in [4.69, 9.17) is 4.78 Å². The van der Waals surface area contributed by atoms with Crippen LogP contribution < -0.4 is 0 Å². The molecule has 0 rings (SSSR count). The highest BCUT2D eigenvalue weighted by molar-refractivity contribution is 7.92. The van der Waals surface area contributed by atoms with Crippen molar-refractivity contribution in [2.45, 2.75) is 27.2 Å². The summed E-state index contributed by atoms with van der Waals surface area (Å²) in [6, 6.07) is 0. The lowest BCUT2D eigenvalue weighted by molar-refractivity contribution is 0.654. The van der Waals surface area contributed by atoms with Crippen molar-refractivity contribution >= 4 is 9.73 Å². The second-order valence-corrected chi connectivity index (χ2v) is 5.44. The average molecular weight is 163 g/mol. The molecule has 0 aromatic rings. The van der Waals surface area contributed by atoms with Gasteiger partial charge in [-0.1, -0.05) is 20.8 Å². The Morgan fingerprint density at radius 3 is 2.30 bits per heavy atom. The van der Waals surface area contributed by atoms with Crippen molar-refractivity contribution < 1.29 is 4.21 Å². The minimum atomic E-state index is -2.23. The monoisotopic (exact) mass is 163 g/mol. The summed E-state index contributed by atoms with van der Waals surface area (Å²) in [5.41, 5.74) is 0. The maximum atomic E-state index is 11.3. The van der Waals surface area contributed by atoms with Gasteiger partial charge in [-0.15, -0.1) is 0 Å². The second-order valence-electron chi connectivity index (χ2n) is 3.08. The van der Waals surface area contributed by atoms with Crippen LogP contribution in [0.25, 0.3) is 0 Å². The molecule has 0 radical (unpaired) electrons. The molecule has 0 fully saturated rings. The number of rotatable bonds is 4. The third-order valence-corrected chi connectivity index (χ3v) is 3.41. The molecule has 3 heteroatoms. The molecule has 62 valence electrons. The van der Waals surface area contributed by atoms with Crippen LogP contribution in [0.5, 0.6) is 0 Å². The Labute approximate surface area is 64.0 Å². The molecule has 0 unspecified atom stereocenters. The molecule has 0 aliphatic heterocycles. The summed E-state index contributed by atoms with van der Waals surface area (Å²) in [6.45, 7) is 5.97. The molecule has 0 aliphatic carbocycles. The normalized spacial score (nSPS) is 17.2. The molecule has 0 aromatic carbocycles. The van der Waals surface area contributed by atoms with Gasteiger partial charge in [0.2, 0.25) is 0 Å². The standard InChI is InChI=1S/C7H17NOS/c1-4-5-10(8,9)6-7(2)3/h7-8H,4-6H2,1-3H3/t10-/m1/s1. The smallest absolute Gasteiger partial charge is 0.0443 e. The summed E-state index contributed by atoms with van der Waals surface area (Å²) in [5, 5.41) is 0. The highest BCUT2D eigenvalue weighted by Crippen LogP contribution is 2.02. The van der Waals surface area contributed by atoms with Gasteiger partial charge in [0.1, 0.15) is 0 Å². The number of nitrogens with one attached hydrogen (secondary N) is 1. The van der Waals surface area contributed by atoms with Crippen LogP contribution in [-0.2, 0) is 9.73 Å². The first-order valence-electron chi connectivity index (χ1n) is 3.72. The summed E-state index contributed by atoms with van der Waals surface area (Å²) < 4.78 is 18.6. The van der Waals surface area contributed by atoms with Crippen molar-refractivity contribution in [3.63, 3.8) is 0 Å². The molecular weight excluding hydrogens is 146 g/mol. The Morgan fingerprint density at radius 1 is 1.50 bits per heavy atom. The van der Waals surface area contributed by atoms with E-state index in [9.17, 15) is 4.21 Å². The van der Waals surface area contributed by atoms with Gasteiger partial charge >= 0.3 is 0 Å². The van der Waals surface area contributed by atoms with Crippen LogP contribution in [0.4, 0.5) is 0 Å². The van der Waals surface area contributed by atoms with E-state index in [0.717, 1.165) is 6.42 Å². The predicted molar refractivity (Wildman–Crippen MR) is 45.7 cm³/mol. The van der Waals surface area contributed by atoms with Gasteiger partial charge in [-0.05, 0) is 12.3 Å². The van der Waals surface area contributed by atoms with Crippen LogP contribution >= 0.6 is 0 Å². The Kier molecular flexibility index (Phi) is 3.94. The van der Waals surface area contributed by atoms with Gasteiger partial charge < -0.3 is 0 Å². The Bertz CT molecular complexity index is 170. The van der Waals surface area contributed by atoms with E-state index in [1.54, 1.807) is 0 Å². The van der Waals surface area contributed by atoms with Crippen LogP contribution in [0, 0.1) is 10.7 Å². The van der Waals surface area contributed by atoms with Gasteiger partial charge in [0, 0.05) is 21.2 Å². The number of hydrogen-bond donors (Lipinski definition) is 1. The quantitative estimate of drug-likeness (QED) is 0.677. The topological polar surface area (TPSA) is 40.9 Å². The minimum absolute atomic E-state index is 0.386. The van der Waals surface area contributed by atoms with Crippen molar-refractivity contribution in [1.29, 1.82) is 4.78 Å². The summed E-state index contributed by atoms with van der Waals surface area (Å²) in [4.78, 5) is 0. The third-order valence-electron chi connectivity index (χ3n) is 1.14. The fourth-order valence-corrected chi connectivity index (χ4v) is 2.85. The Morgan fingerprint density at radius 2 is 2.00 bits per heavy atom. The van der Waals surface area contributed by atoms with E-state index in [0.29, 0.717) is 17.4 Å². The molecular formula is C7H17NOS. The van der Waals surface area contributed by atoms with Gasteiger partial charge in [0.25, 0.3) is 0 Å². The number of hydrogen-bond acceptors (Lipinski definition) is 2. The van der Waals surface area contributed by atoms with E-state index in [-0.39, 0.29) is 0 Å². The van der Waals surface area contributed by atoms with Crippen LogP contribution in [0.3, 0.4) is 0 Å². The summed E-state index contributed by atoms with van der Waals surface area (Å²) in [5.74, 6) is 1.50. The second kappa shape index (κ2) is 3.96. The lowest BCUT2D eigenvalue weighted by atomic mass is 10.3. The van der Waals surface area contributed by atoms with Crippen molar-refractivity contribution in [1.82, 2.24) is 0 Å². The van der Waals surface area contributed by atoms with Gasteiger partial charge in [0.15, 0.2) is 0 Å². The van der Waals surface area contributed by atoms with Crippen molar-refractivity contribution in [2.75, 3.05) is 11.5 Å². The van der Waals surface area contributed by atoms with Crippen molar-refractivity contribution in [3.8, 4) is 0 Å². The fraction of sp³-hybridized carbons (Fsp3) is 1.00. The molecule has 0 aliphatic rings. The fourth-order valence-electron chi connectivity index (χ4n) is 0.952. The van der Waals surface area contributed by atoms with Gasteiger partial charge in [-0.25, -0.2) is 4.21 Å². The van der Waals surface area contributed by atoms with Gasteiger partial charge in [-0.3, -0.25) is 4.78 Å². The Hall–Kier alpha value is -0.0500. The zero-order chi connectivity index (χ0) is 8.20. The van der Waals surface area contributed by atoms with Crippen LogP contribution in [0.2, 0.25) is 0 Å². The third kappa shape index (κ3) is 4.79. The van der Waals surface area contributed by atoms with E-state index < -0.39 is 9.73 Å². The molecule has 1 atom stereocenters. The van der Waals surface area contributed by atoms with Crippen molar-refractivity contribution in [2.24, 2.45) is 5.92 Å². The molecule has 0 saturated carbocycles. The highest BCUT2D eigenvalue weighted by Gasteiger charge is 2.06. The Balaban J connectivity index is 3.89. The molecule has 0 spiro atoms. The largest absolute Gasteiger partial charge is 0.253 e. The van der Waals surface area contributed by atoms with E-state index in [1.807, 2.05) is 20.8 Å². The van der Waals surface area contributed by atoms with Crippen molar-refractivity contribution in [3.05, 3.63) is 0 Å². The molecule has 0 saturated heterocycles. The summed E-state index contributed by atoms with van der Waals surface area (Å²) >= 11 is 0. The predicted octanol–water partition coefficient (Wildman–Crippen LogP) is 2.10. The molecule has 0 amide bonds. The molecule has 0 aromatic heterocycles. The van der Waals surface area contributed by atoms with Gasteiger partial charge in [0.05, 0.1) is 0 Å². The van der Waals surface area contributed by atoms with Crippen LogP contribution in [0.15, 0.2) is 0 Å². The SMILES string of the molecule is CCC[S@@](=N)(=O)CC(C)C. The average Bonchev–Trinajstić information content (AvgIpc) is 1.59. The summed E-state index contributed by atoms with van der Waals surface area (Å²) in [7, 11) is -2.23. The lowest BCUT2D eigenvalue weighted by Gasteiger charge is -2.07. The zero-order valence-electron chi connectivity index (χ0n) is 7.02. The molecule has 2 nitrogen and oxygen atoms in total. The molecule has 0 heterocycles. The minimum Gasteiger partial charge on any atom is -0.253 e. The maximum Gasteiger partial charge on any atom is 0.0443 e. The first-order chi connectivity index (χ1) is 4.48. The van der Waals surface area contributed by atoms with E-state index in [1.165, 1.54) is 0 Å². The lowest BCUT2D eigenvalue weighted by Crippen LogP contribution is -2.13. The first kappa shape index (κ1) is 9.95. The summed E-state index contributed by atoms with van der Waals surface area (Å²) in [6.07, 6.45) is 0.856. The van der Waals surface area contributed by atoms with E-state index in [2.05, 4.69) is 0 Å². The first-order valence-corrected chi connectivity index (χ1v) is 5.61. The zero-order valence-corrected chi connectivity index (χ0v) is 7.83. The van der Waals surface area contributed by atoms with Crippen LogP contribution in [0.1, 0.15) is 27.2 Å². The molecule has 10 heavy (non-hydrogen) atoms. The van der Waals surface area contributed by atoms with E-state index >= 15 is 0 Å². The molecule has 1 N–H and O–H groups in total. The molecule has 0 bridgehead atoms. The highest BCUT2D eigenvalue weighted by atomic mass is 32.2. The van der Waals surface area contributed by atoms with Gasteiger partial charge in [-0.2, -0.15) is 0 Å². The maximum absolute atomic E-state index is 11.3.